The lowest BCUT2D eigenvalue weighted by molar-refractivity contribution is -0.116. The van der Waals surface area contributed by atoms with Crippen LogP contribution >= 0.6 is 0 Å². The van der Waals surface area contributed by atoms with Gasteiger partial charge in [0.1, 0.15) is 17.5 Å². The van der Waals surface area contributed by atoms with E-state index < -0.39 is 17.5 Å². The molecule has 0 bridgehead atoms. The summed E-state index contributed by atoms with van der Waals surface area (Å²) in [7, 11) is 1.59. The molecule has 0 fully saturated rings. The highest BCUT2D eigenvalue weighted by molar-refractivity contribution is 5.90. The number of fused-ring (bicyclic) bond motifs is 1. The zero-order chi connectivity index (χ0) is 18.0. The second-order valence-electron chi connectivity index (χ2n) is 5.58. The Labute approximate surface area is 141 Å². The smallest absolute Gasteiger partial charge is 0.261 e. The molecule has 0 unspecified atom stereocenters. The van der Waals surface area contributed by atoms with E-state index in [4.69, 9.17) is 0 Å². The minimum atomic E-state index is -0.843. The van der Waals surface area contributed by atoms with Gasteiger partial charge in [-0.2, -0.15) is 0 Å². The Bertz CT molecular complexity index is 1010. The van der Waals surface area contributed by atoms with Gasteiger partial charge in [0.05, 0.1) is 16.6 Å². The first kappa shape index (κ1) is 16.8. The summed E-state index contributed by atoms with van der Waals surface area (Å²) in [5.41, 5.74) is 0.280. The SMILES string of the molecule is Cn1c(CCC(=O)Nc2ccc(F)cc2F)nc2ccccc2c1=O. The molecule has 1 aromatic heterocycles. The number of rotatable bonds is 4. The van der Waals surface area contributed by atoms with E-state index in [9.17, 15) is 18.4 Å². The largest absolute Gasteiger partial charge is 0.324 e. The molecular weight excluding hydrogens is 328 g/mol. The van der Waals surface area contributed by atoms with Gasteiger partial charge in [0.25, 0.3) is 5.56 Å². The maximum atomic E-state index is 13.6. The van der Waals surface area contributed by atoms with E-state index in [1.807, 2.05) is 0 Å². The Kier molecular flexibility index (Phi) is 4.56. The third-order valence-electron chi connectivity index (χ3n) is 3.86. The number of benzene rings is 2. The molecule has 2 aromatic carbocycles. The fourth-order valence-corrected chi connectivity index (χ4v) is 2.52. The lowest BCUT2D eigenvalue weighted by Gasteiger charge is -2.10. The van der Waals surface area contributed by atoms with E-state index in [2.05, 4.69) is 10.3 Å². The Morgan fingerprint density at radius 2 is 1.96 bits per heavy atom. The highest BCUT2D eigenvalue weighted by Crippen LogP contribution is 2.15. The number of amides is 1. The van der Waals surface area contributed by atoms with Gasteiger partial charge in [0.15, 0.2) is 0 Å². The number of hydrogen-bond donors (Lipinski definition) is 1. The molecule has 5 nitrogen and oxygen atoms in total. The van der Waals surface area contributed by atoms with Crippen LogP contribution in [0.1, 0.15) is 12.2 Å². The predicted octanol–water partition coefficient (Wildman–Crippen LogP) is 2.78. The molecule has 7 heteroatoms. The van der Waals surface area contributed by atoms with Gasteiger partial charge < -0.3 is 5.32 Å². The third-order valence-corrected chi connectivity index (χ3v) is 3.86. The van der Waals surface area contributed by atoms with Crippen molar-refractivity contribution in [3.8, 4) is 0 Å². The normalized spacial score (nSPS) is 10.8. The quantitative estimate of drug-likeness (QED) is 0.792. The number of hydrogen-bond acceptors (Lipinski definition) is 3. The van der Waals surface area contributed by atoms with Crippen molar-refractivity contribution in [2.24, 2.45) is 7.05 Å². The molecule has 1 amide bonds. The van der Waals surface area contributed by atoms with Gasteiger partial charge in [-0.3, -0.25) is 14.2 Å². The summed E-state index contributed by atoms with van der Waals surface area (Å²) >= 11 is 0. The van der Waals surface area contributed by atoms with Gasteiger partial charge in [0, 0.05) is 26.0 Å². The van der Waals surface area contributed by atoms with Crippen LogP contribution in [0.5, 0.6) is 0 Å². The summed E-state index contributed by atoms with van der Waals surface area (Å²) in [5.74, 6) is -1.55. The fourth-order valence-electron chi connectivity index (χ4n) is 2.52. The molecule has 3 aromatic rings. The summed E-state index contributed by atoms with van der Waals surface area (Å²) in [4.78, 5) is 28.7. The van der Waals surface area contributed by atoms with Gasteiger partial charge in [-0.05, 0) is 24.3 Å². The van der Waals surface area contributed by atoms with Crippen LogP contribution in [-0.4, -0.2) is 15.5 Å². The van der Waals surface area contributed by atoms with Crippen LogP contribution in [-0.2, 0) is 18.3 Å². The van der Waals surface area contributed by atoms with E-state index >= 15 is 0 Å². The Hall–Kier alpha value is -3.09. The van der Waals surface area contributed by atoms with Crippen molar-refractivity contribution in [1.29, 1.82) is 0 Å². The molecule has 0 spiro atoms. The van der Waals surface area contributed by atoms with Crippen molar-refractivity contribution in [2.75, 3.05) is 5.32 Å². The van der Waals surface area contributed by atoms with E-state index in [1.165, 1.54) is 4.57 Å². The highest BCUT2D eigenvalue weighted by atomic mass is 19.1. The summed E-state index contributed by atoms with van der Waals surface area (Å²) in [6.07, 6.45) is 0.223. The number of para-hydroxylation sites is 1. The third kappa shape index (κ3) is 3.55. The molecule has 1 N–H and O–H groups in total. The van der Waals surface area contributed by atoms with Crippen molar-refractivity contribution in [3.05, 3.63) is 70.3 Å². The second kappa shape index (κ2) is 6.80. The first-order valence-corrected chi connectivity index (χ1v) is 7.65. The summed E-state index contributed by atoms with van der Waals surface area (Å²) < 4.78 is 27.8. The molecule has 0 saturated carbocycles. The van der Waals surface area contributed by atoms with Crippen molar-refractivity contribution in [3.63, 3.8) is 0 Å². The number of aryl methyl sites for hydroxylation is 1. The molecule has 1 heterocycles. The highest BCUT2D eigenvalue weighted by Gasteiger charge is 2.12. The number of halogens is 2. The number of carbonyl (C=O) groups excluding carboxylic acids is 1. The minimum Gasteiger partial charge on any atom is -0.324 e. The average Bonchev–Trinajstić information content (AvgIpc) is 2.59. The lowest BCUT2D eigenvalue weighted by atomic mass is 10.2. The van der Waals surface area contributed by atoms with Crippen LogP contribution in [0.3, 0.4) is 0 Å². The summed E-state index contributed by atoms with van der Waals surface area (Å²) in [6, 6.07) is 9.88. The van der Waals surface area contributed by atoms with Crippen molar-refractivity contribution in [2.45, 2.75) is 12.8 Å². The molecule has 25 heavy (non-hydrogen) atoms. The van der Waals surface area contributed by atoms with Crippen LogP contribution in [0.2, 0.25) is 0 Å². The summed E-state index contributed by atoms with van der Waals surface area (Å²) in [6.45, 7) is 0. The van der Waals surface area contributed by atoms with Crippen molar-refractivity contribution < 1.29 is 13.6 Å². The lowest BCUT2D eigenvalue weighted by Crippen LogP contribution is -2.23. The topological polar surface area (TPSA) is 64.0 Å². The van der Waals surface area contributed by atoms with Gasteiger partial charge in [-0.25, -0.2) is 13.8 Å². The van der Waals surface area contributed by atoms with Crippen LogP contribution < -0.4 is 10.9 Å². The maximum absolute atomic E-state index is 13.6. The van der Waals surface area contributed by atoms with Gasteiger partial charge in [-0.1, -0.05) is 12.1 Å². The molecule has 0 aliphatic heterocycles. The molecule has 0 aliphatic rings. The monoisotopic (exact) mass is 343 g/mol. The average molecular weight is 343 g/mol. The Morgan fingerprint density at radius 1 is 1.20 bits per heavy atom. The number of carbonyl (C=O) groups is 1. The molecular formula is C18H15F2N3O2. The predicted molar refractivity (Wildman–Crippen MR) is 90.3 cm³/mol. The number of anilines is 1. The zero-order valence-electron chi connectivity index (χ0n) is 13.4. The molecule has 0 saturated heterocycles. The maximum Gasteiger partial charge on any atom is 0.261 e. The summed E-state index contributed by atoms with van der Waals surface area (Å²) in [5, 5.41) is 2.89. The van der Waals surface area contributed by atoms with Crippen LogP contribution in [0, 0.1) is 11.6 Å². The first-order valence-electron chi connectivity index (χ1n) is 7.65. The zero-order valence-corrected chi connectivity index (χ0v) is 13.4. The van der Waals surface area contributed by atoms with Gasteiger partial charge in [0.2, 0.25) is 5.91 Å². The van der Waals surface area contributed by atoms with Crippen molar-refractivity contribution >= 4 is 22.5 Å². The molecule has 0 atom stereocenters. The second-order valence-corrected chi connectivity index (χ2v) is 5.58. The van der Waals surface area contributed by atoms with Crippen LogP contribution in [0.25, 0.3) is 10.9 Å². The number of aromatic nitrogens is 2. The Morgan fingerprint density at radius 3 is 2.72 bits per heavy atom. The van der Waals surface area contributed by atoms with E-state index in [1.54, 1.807) is 31.3 Å². The Balaban J connectivity index is 1.75. The minimum absolute atomic E-state index is 0.00936. The molecule has 0 aliphatic carbocycles. The van der Waals surface area contributed by atoms with Crippen LogP contribution in [0.15, 0.2) is 47.3 Å². The molecule has 128 valence electrons. The van der Waals surface area contributed by atoms with E-state index in [0.29, 0.717) is 22.8 Å². The van der Waals surface area contributed by atoms with Crippen LogP contribution in [0.4, 0.5) is 14.5 Å². The fraction of sp³-hybridized carbons (Fsp3) is 0.167. The molecule has 0 radical (unpaired) electrons. The standard InChI is InChI=1S/C18H15F2N3O2/c1-23-16(21-14-5-3-2-4-12(14)18(23)25)8-9-17(24)22-15-7-6-11(19)10-13(15)20/h2-7,10H,8-9H2,1H3,(H,22,24). The van der Waals surface area contributed by atoms with E-state index in [-0.39, 0.29) is 24.1 Å². The molecule has 3 rings (SSSR count). The van der Waals surface area contributed by atoms with Gasteiger partial charge >= 0.3 is 0 Å². The van der Waals surface area contributed by atoms with Gasteiger partial charge in [-0.15, -0.1) is 0 Å². The number of nitrogens with zero attached hydrogens (tertiary/aromatic N) is 2. The van der Waals surface area contributed by atoms with E-state index in [0.717, 1.165) is 12.1 Å². The number of nitrogens with one attached hydrogen (secondary N) is 1. The van der Waals surface area contributed by atoms with Crippen molar-refractivity contribution in [1.82, 2.24) is 9.55 Å². The first-order chi connectivity index (χ1) is 12.0.